The van der Waals surface area contributed by atoms with E-state index in [1.54, 1.807) is 0 Å². The summed E-state index contributed by atoms with van der Waals surface area (Å²) in [7, 11) is 0. The van der Waals surface area contributed by atoms with Gasteiger partial charge in [-0.2, -0.15) is 5.10 Å². The van der Waals surface area contributed by atoms with Gasteiger partial charge in [0.15, 0.2) is 0 Å². The fraction of sp³-hybridized carbons (Fsp3) is 0.769. The lowest BCUT2D eigenvalue weighted by Gasteiger charge is -2.08. The van der Waals surface area contributed by atoms with Crippen LogP contribution in [-0.4, -0.2) is 16.3 Å². The summed E-state index contributed by atoms with van der Waals surface area (Å²) in [6, 6.07) is 2.63. The monoisotopic (exact) mass is 221 g/mol. The van der Waals surface area contributed by atoms with Crippen LogP contribution >= 0.6 is 0 Å². The van der Waals surface area contributed by atoms with Crippen LogP contribution in [0.3, 0.4) is 0 Å². The fourth-order valence-electron chi connectivity index (χ4n) is 1.97. The van der Waals surface area contributed by atoms with Crippen molar-refractivity contribution in [3.8, 4) is 0 Å². The van der Waals surface area contributed by atoms with Gasteiger partial charge in [0.05, 0.1) is 5.69 Å². The molecular formula is C13H23N3. The lowest BCUT2D eigenvalue weighted by molar-refractivity contribution is 0.470. The van der Waals surface area contributed by atoms with Crippen molar-refractivity contribution >= 4 is 0 Å². The molecule has 1 heterocycles. The van der Waals surface area contributed by atoms with Gasteiger partial charge in [-0.3, -0.25) is 4.68 Å². The van der Waals surface area contributed by atoms with Gasteiger partial charge in [0.2, 0.25) is 0 Å². The first kappa shape index (κ1) is 11.6. The summed E-state index contributed by atoms with van der Waals surface area (Å²) in [4.78, 5) is 0. The minimum Gasteiger partial charge on any atom is -0.311 e. The predicted octanol–water partition coefficient (Wildman–Crippen LogP) is 2.60. The molecule has 0 spiro atoms. The molecule has 0 aliphatic heterocycles. The van der Waals surface area contributed by atoms with Crippen molar-refractivity contribution in [2.45, 2.75) is 46.2 Å². The van der Waals surface area contributed by atoms with Crippen LogP contribution in [0.5, 0.6) is 0 Å². The highest BCUT2D eigenvalue weighted by Crippen LogP contribution is 2.36. The molecule has 1 fully saturated rings. The number of nitrogens with one attached hydrogen (secondary N) is 1. The van der Waals surface area contributed by atoms with Crippen molar-refractivity contribution in [2.24, 2.45) is 11.8 Å². The molecule has 3 unspecified atom stereocenters. The Morgan fingerprint density at radius 3 is 3.00 bits per heavy atom. The first-order chi connectivity index (χ1) is 7.70. The van der Waals surface area contributed by atoms with Crippen molar-refractivity contribution in [3.63, 3.8) is 0 Å². The van der Waals surface area contributed by atoms with E-state index in [0.29, 0.717) is 6.04 Å². The van der Waals surface area contributed by atoms with E-state index in [4.69, 9.17) is 0 Å². The highest BCUT2D eigenvalue weighted by Gasteiger charge is 2.31. The van der Waals surface area contributed by atoms with Crippen molar-refractivity contribution in [1.29, 1.82) is 0 Å². The van der Waals surface area contributed by atoms with E-state index in [2.05, 4.69) is 48.1 Å². The van der Waals surface area contributed by atoms with Crippen molar-refractivity contribution < 1.29 is 0 Å². The first-order valence-corrected chi connectivity index (χ1v) is 6.45. The Morgan fingerprint density at radius 1 is 1.62 bits per heavy atom. The second-order valence-corrected chi connectivity index (χ2v) is 5.15. The number of hydrogen-bond acceptors (Lipinski definition) is 2. The minimum absolute atomic E-state index is 0.511. The molecule has 0 saturated heterocycles. The SMILES string of the molecule is CCC(C)n1ccc(CNCC2CC2C)n1. The smallest absolute Gasteiger partial charge is 0.0762 e. The first-order valence-electron chi connectivity index (χ1n) is 6.45. The van der Waals surface area contributed by atoms with Gasteiger partial charge in [0.1, 0.15) is 0 Å². The van der Waals surface area contributed by atoms with Gasteiger partial charge in [-0.15, -0.1) is 0 Å². The zero-order chi connectivity index (χ0) is 11.5. The van der Waals surface area contributed by atoms with Crippen LogP contribution in [0.1, 0.15) is 45.3 Å². The maximum atomic E-state index is 4.57. The summed E-state index contributed by atoms with van der Waals surface area (Å²) in [5, 5.41) is 8.06. The van der Waals surface area contributed by atoms with Crippen LogP contribution in [0.4, 0.5) is 0 Å². The predicted molar refractivity (Wildman–Crippen MR) is 66.2 cm³/mol. The van der Waals surface area contributed by atoms with Gasteiger partial charge in [0.25, 0.3) is 0 Å². The van der Waals surface area contributed by atoms with E-state index in [-0.39, 0.29) is 0 Å². The van der Waals surface area contributed by atoms with Gasteiger partial charge in [-0.25, -0.2) is 0 Å². The summed E-state index contributed by atoms with van der Waals surface area (Å²) >= 11 is 0. The quantitative estimate of drug-likeness (QED) is 0.800. The average Bonchev–Trinajstić information content (AvgIpc) is 2.81. The molecular weight excluding hydrogens is 198 g/mol. The van der Waals surface area contributed by atoms with E-state index in [0.717, 1.165) is 37.0 Å². The lowest BCUT2D eigenvalue weighted by atomic mass is 10.3. The third kappa shape index (κ3) is 2.85. The zero-order valence-corrected chi connectivity index (χ0v) is 10.6. The van der Waals surface area contributed by atoms with Gasteiger partial charge in [-0.05, 0) is 44.2 Å². The lowest BCUT2D eigenvalue weighted by Crippen LogP contribution is -2.17. The zero-order valence-electron chi connectivity index (χ0n) is 10.6. The normalized spacial score (nSPS) is 25.7. The highest BCUT2D eigenvalue weighted by molar-refractivity contribution is 4.99. The van der Waals surface area contributed by atoms with Crippen LogP contribution in [-0.2, 0) is 6.54 Å². The molecule has 0 aromatic carbocycles. The van der Waals surface area contributed by atoms with Crippen LogP contribution in [0.25, 0.3) is 0 Å². The van der Waals surface area contributed by atoms with E-state index < -0.39 is 0 Å². The fourth-order valence-corrected chi connectivity index (χ4v) is 1.97. The van der Waals surface area contributed by atoms with Gasteiger partial charge < -0.3 is 5.32 Å². The van der Waals surface area contributed by atoms with Gasteiger partial charge in [0, 0.05) is 18.8 Å². The molecule has 3 nitrogen and oxygen atoms in total. The van der Waals surface area contributed by atoms with Gasteiger partial charge in [-0.1, -0.05) is 13.8 Å². The molecule has 3 heteroatoms. The van der Waals surface area contributed by atoms with E-state index in [9.17, 15) is 0 Å². The second kappa shape index (κ2) is 5.00. The Balaban J connectivity index is 1.74. The van der Waals surface area contributed by atoms with Crippen LogP contribution in [0.15, 0.2) is 12.3 Å². The highest BCUT2D eigenvalue weighted by atomic mass is 15.3. The molecule has 0 amide bonds. The Labute approximate surface area is 98.2 Å². The molecule has 1 aromatic heterocycles. The molecule has 1 aliphatic rings. The molecule has 16 heavy (non-hydrogen) atoms. The topological polar surface area (TPSA) is 29.9 Å². The van der Waals surface area contributed by atoms with Crippen LogP contribution < -0.4 is 5.32 Å². The average molecular weight is 221 g/mol. The molecule has 90 valence electrons. The Hall–Kier alpha value is -0.830. The van der Waals surface area contributed by atoms with Crippen molar-refractivity contribution in [1.82, 2.24) is 15.1 Å². The molecule has 0 radical (unpaired) electrons. The maximum Gasteiger partial charge on any atom is 0.0762 e. The molecule has 3 atom stereocenters. The maximum absolute atomic E-state index is 4.57. The number of nitrogens with zero attached hydrogens (tertiary/aromatic N) is 2. The van der Waals surface area contributed by atoms with Gasteiger partial charge >= 0.3 is 0 Å². The van der Waals surface area contributed by atoms with Crippen LogP contribution in [0.2, 0.25) is 0 Å². The van der Waals surface area contributed by atoms with Crippen LogP contribution in [0, 0.1) is 11.8 Å². The largest absolute Gasteiger partial charge is 0.311 e. The molecule has 1 N–H and O–H groups in total. The molecule has 1 saturated carbocycles. The summed E-state index contributed by atoms with van der Waals surface area (Å²) < 4.78 is 2.07. The molecule has 0 bridgehead atoms. The third-order valence-electron chi connectivity index (χ3n) is 3.69. The Kier molecular flexibility index (Phi) is 3.64. The Bertz CT molecular complexity index is 332. The second-order valence-electron chi connectivity index (χ2n) is 5.15. The standard InChI is InChI=1S/C13H23N3/c1-4-11(3)16-6-5-13(15-16)9-14-8-12-7-10(12)2/h5-6,10-12,14H,4,7-9H2,1-3H3. The molecule has 1 aliphatic carbocycles. The number of hydrogen-bond donors (Lipinski definition) is 1. The van der Waals surface area contributed by atoms with Crippen molar-refractivity contribution in [2.75, 3.05) is 6.54 Å². The van der Waals surface area contributed by atoms with E-state index in [1.807, 2.05) is 0 Å². The third-order valence-corrected chi connectivity index (χ3v) is 3.69. The summed E-state index contributed by atoms with van der Waals surface area (Å²) in [5.41, 5.74) is 1.16. The van der Waals surface area contributed by atoms with Crippen molar-refractivity contribution in [3.05, 3.63) is 18.0 Å². The summed E-state index contributed by atoms with van der Waals surface area (Å²) in [6.07, 6.45) is 4.62. The molecule has 2 rings (SSSR count). The van der Waals surface area contributed by atoms with E-state index in [1.165, 1.54) is 6.42 Å². The number of aromatic nitrogens is 2. The molecule has 1 aromatic rings. The summed E-state index contributed by atoms with van der Waals surface area (Å²) in [5.74, 6) is 1.85. The minimum atomic E-state index is 0.511. The summed E-state index contributed by atoms with van der Waals surface area (Å²) in [6.45, 7) is 8.78. The number of rotatable bonds is 6. The van der Waals surface area contributed by atoms with E-state index >= 15 is 0 Å². The Morgan fingerprint density at radius 2 is 2.38 bits per heavy atom.